The van der Waals surface area contributed by atoms with Crippen molar-refractivity contribution >= 4 is 0 Å². The Bertz CT molecular complexity index is 451. The number of hydrogen-bond acceptors (Lipinski definition) is 2. The van der Waals surface area contributed by atoms with Gasteiger partial charge in [0.2, 0.25) is 0 Å². The Kier molecular flexibility index (Phi) is 4.04. The topological polar surface area (TPSA) is 21.3 Å². The summed E-state index contributed by atoms with van der Waals surface area (Å²) in [5, 5.41) is 3.27. The van der Waals surface area contributed by atoms with E-state index in [0.29, 0.717) is 12.0 Å². The highest BCUT2D eigenvalue weighted by Gasteiger charge is 2.28. The van der Waals surface area contributed by atoms with Crippen LogP contribution in [0.15, 0.2) is 12.1 Å². The number of ether oxygens (including phenoxy) is 1. The minimum atomic E-state index is -3.05. The van der Waals surface area contributed by atoms with E-state index in [4.69, 9.17) is 4.74 Å². The van der Waals surface area contributed by atoms with E-state index in [0.717, 1.165) is 32.4 Å². The average molecular weight is 273 g/mol. The lowest BCUT2D eigenvalue weighted by molar-refractivity contribution is 0.0170. The summed E-state index contributed by atoms with van der Waals surface area (Å²) >= 11 is 0. The van der Waals surface area contributed by atoms with E-state index in [1.165, 1.54) is 13.2 Å². The van der Waals surface area contributed by atoms with Crippen LogP contribution in [0.3, 0.4) is 0 Å². The van der Waals surface area contributed by atoms with Crippen molar-refractivity contribution in [2.45, 2.75) is 38.2 Å². The highest BCUT2D eigenvalue weighted by atomic mass is 19.3. The molecule has 1 aliphatic heterocycles. The van der Waals surface area contributed by atoms with Gasteiger partial charge < -0.3 is 10.1 Å². The van der Waals surface area contributed by atoms with Gasteiger partial charge in [-0.25, -0.2) is 13.2 Å². The maximum absolute atomic E-state index is 13.8. The van der Waals surface area contributed by atoms with Gasteiger partial charge in [-0.1, -0.05) is 0 Å². The summed E-state index contributed by atoms with van der Waals surface area (Å²) in [5.74, 6) is -3.71. The highest BCUT2D eigenvalue weighted by Crippen LogP contribution is 2.34. The smallest absolute Gasteiger partial charge is 0.270 e. The Balaban J connectivity index is 2.35. The standard InChI is InChI=1S/C14H18F3NO/c1-14(16,17)10-6-9(7-11-4-3-5-18-11)13(19-2)12(15)8-10/h6,8,11,18H,3-5,7H2,1-2H3. The van der Waals surface area contributed by atoms with Crippen LogP contribution in [0.1, 0.15) is 30.9 Å². The molecule has 1 aromatic rings. The number of alkyl halides is 2. The molecule has 2 nitrogen and oxygen atoms in total. The van der Waals surface area contributed by atoms with Crippen molar-refractivity contribution in [3.63, 3.8) is 0 Å². The molecule has 1 aliphatic rings. The van der Waals surface area contributed by atoms with Crippen molar-refractivity contribution in [1.29, 1.82) is 0 Å². The number of benzene rings is 1. The van der Waals surface area contributed by atoms with Gasteiger partial charge in [0.05, 0.1) is 7.11 Å². The molecule has 0 spiro atoms. The predicted octanol–water partition coefficient (Wildman–Crippen LogP) is 3.24. The first-order valence-corrected chi connectivity index (χ1v) is 6.40. The van der Waals surface area contributed by atoms with Gasteiger partial charge >= 0.3 is 0 Å². The van der Waals surface area contributed by atoms with Crippen molar-refractivity contribution < 1.29 is 17.9 Å². The van der Waals surface area contributed by atoms with Crippen LogP contribution in [0.2, 0.25) is 0 Å². The fourth-order valence-corrected chi connectivity index (χ4v) is 2.48. The van der Waals surface area contributed by atoms with Gasteiger partial charge in [0.25, 0.3) is 5.92 Å². The zero-order valence-electron chi connectivity index (χ0n) is 11.1. The van der Waals surface area contributed by atoms with Crippen LogP contribution in [0.4, 0.5) is 13.2 Å². The van der Waals surface area contributed by atoms with Crippen molar-refractivity contribution in [2.24, 2.45) is 0 Å². The van der Waals surface area contributed by atoms with Gasteiger partial charge in [-0.3, -0.25) is 0 Å². The zero-order chi connectivity index (χ0) is 14.0. The SMILES string of the molecule is COc1c(F)cc(C(C)(F)F)cc1CC1CCCN1. The molecule has 1 unspecified atom stereocenters. The van der Waals surface area contributed by atoms with Crippen LogP contribution in [0.25, 0.3) is 0 Å². The van der Waals surface area contributed by atoms with Crippen LogP contribution in [0, 0.1) is 5.82 Å². The lowest BCUT2D eigenvalue weighted by Gasteiger charge is -2.18. The first kappa shape index (κ1) is 14.2. The molecule has 1 saturated heterocycles. The van der Waals surface area contributed by atoms with Gasteiger partial charge in [-0.15, -0.1) is 0 Å². The molecule has 1 atom stereocenters. The van der Waals surface area contributed by atoms with Crippen molar-refractivity contribution in [3.8, 4) is 5.75 Å². The molecule has 0 saturated carbocycles. The van der Waals surface area contributed by atoms with Gasteiger partial charge in [0.1, 0.15) is 0 Å². The molecule has 5 heteroatoms. The largest absolute Gasteiger partial charge is 0.493 e. The summed E-state index contributed by atoms with van der Waals surface area (Å²) in [6.45, 7) is 1.69. The monoisotopic (exact) mass is 273 g/mol. The molecular formula is C14H18F3NO. The van der Waals surface area contributed by atoms with E-state index >= 15 is 0 Å². The predicted molar refractivity (Wildman–Crippen MR) is 67.2 cm³/mol. The summed E-state index contributed by atoms with van der Waals surface area (Å²) < 4.78 is 45.5. The first-order chi connectivity index (χ1) is 8.91. The number of halogens is 3. The quantitative estimate of drug-likeness (QED) is 0.909. The molecule has 106 valence electrons. The number of nitrogens with one attached hydrogen (secondary N) is 1. The number of hydrogen-bond donors (Lipinski definition) is 1. The van der Waals surface area contributed by atoms with Crippen molar-refractivity contribution in [3.05, 3.63) is 29.1 Å². The fourth-order valence-electron chi connectivity index (χ4n) is 2.48. The lowest BCUT2D eigenvalue weighted by atomic mass is 9.99. The maximum Gasteiger partial charge on any atom is 0.270 e. The highest BCUT2D eigenvalue weighted by molar-refractivity contribution is 5.40. The average Bonchev–Trinajstić information content (AvgIpc) is 2.80. The van der Waals surface area contributed by atoms with E-state index in [1.807, 2.05) is 0 Å². The molecule has 0 aromatic heterocycles. The van der Waals surface area contributed by atoms with Crippen LogP contribution in [0.5, 0.6) is 5.75 Å². The van der Waals surface area contributed by atoms with Crippen LogP contribution < -0.4 is 10.1 Å². The van der Waals surface area contributed by atoms with Crippen LogP contribution >= 0.6 is 0 Å². The fraction of sp³-hybridized carbons (Fsp3) is 0.571. The van der Waals surface area contributed by atoms with E-state index in [1.54, 1.807) is 0 Å². The van der Waals surface area contributed by atoms with Gasteiger partial charge in [-0.05, 0) is 43.5 Å². The van der Waals surface area contributed by atoms with E-state index in [9.17, 15) is 13.2 Å². The normalized spacial score (nSPS) is 19.7. The first-order valence-electron chi connectivity index (χ1n) is 6.40. The number of methoxy groups -OCH3 is 1. The van der Waals surface area contributed by atoms with Crippen LogP contribution in [-0.4, -0.2) is 19.7 Å². The molecule has 0 amide bonds. The summed E-state index contributed by atoms with van der Waals surface area (Å²) in [4.78, 5) is 0. The van der Waals surface area contributed by atoms with Gasteiger partial charge in [0, 0.05) is 18.5 Å². The maximum atomic E-state index is 13.8. The molecule has 0 aliphatic carbocycles. The Morgan fingerprint density at radius 3 is 2.68 bits per heavy atom. The second kappa shape index (κ2) is 5.41. The van der Waals surface area contributed by atoms with E-state index in [-0.39, 0.29) is 17.4 Å². The Morgan fingerprint density at radius 1 is 1.42 bits per heavy atom. The Morgan fingerprint density at radius 2 is 2.16 bits per heavy atom. The van der Waals surface area contributed by atoms with Gasteiger partial charge in [0.15, 0.2) is 11.6 Å². The molecule has 1 heterocycles. The third-order valence-electron chi connectivity index (χ3n) is 3.46. The molecule has 1 N–H and O–H groups in total. The molecule has 1 aromatic carbocycles. The molecule has 0 bridgehead atoms. The number of rotatable bonds is 4. The second-order valence-corrected chi connectivity index (χ2v) is 5.04. The lowest BCUT2D eigenvalue weighted by Crippen LogP contribution is -2.24. The Labute approximate surface area is 111 Å². The summed E-state index contributed by atoms with van der Waals surface area (Å²) in [6, 6.07) is 2.40. The minimum Gasteiger partial charge on any atom is -0.493 e. The van der Waals surface area contributed by atoms with E-state index in [2.05, 4.69) is 5.32 Å². The third kappa shape index (κ3) is 3.21. The summed E-state index contributed by atoms with van der Waals surface area (Å²) in [7, 11) is 1.35. The molecule has 1 fully saturated rings. The van der Waals surface area contributed by atoms with Crippen LogP contribution in [-0.2, 0) is 12.3 Å². The Hall–Kier alpha value is -1.23. The second-order valence-electron chi connectivity index (χ2n) is 5.04. The van der Waals surface area contributed by atoms with E-state index < -0.39 is 11.7 Å². The molecule has 2 rings (SSSR count). The zero-order valence-corrected chi connectivity index (χ0v) is 11.1. The van der Waals surface area contributed by atoms with Gasteiger partial charge in [-0.2, -0.15) is 0 Å². The molecule has 0 radical (unpaired) electrons. The molecule has 19 heavy (non-hydrogen) atoms. The van der Waals surface area contributed by atoms with Crippen molar-refractivity contribution in [2.75, 3.05) is 13.7 Å². The minimum absolute atomic E-state index is 0.0710. The summed E-state index contributed by atoms with van der Waals surface area (Å²) in [5.41, 5.74) is 0.192. The molecular weight excluding hydrogens is 255 g/mol. The summed E-state index contributed by atoms with van der Waals surface area (Å²) in [6.07, 6.45) is 2.53. The third-order valence-corrected chi connectivity index (χ3v) is 3.46. The van der Waals surface area contributed by atoms with Crippen molar-refractivity contribution in [1.82, 2.24) is 5.32 Å².